The molecule has 0 amide bonds. The second-order valence-corrected chi connectivity index (χ2v) is 8.92. The molecule has 2 N–H and O–H groups in total. The lowest BCUT2D eigenvalue weighted by Gasteiger charge is -2.61. The van der Waals surface area contributed by atoms with Gasteiger partial charge < -0.3 is 20.1 Å². The smallest absolute Gasteiger partial charge is 0.171 e. The number of rotatable bonds is 4. The van der Waals surface area contributed by atoms with Gasteiger partial charge in [0.1, 0.15) is 11.5 Å². The number of nitrogens with zero attached hydrogens (tertiary/aromatic N) is 1. The Kier molecular flexibility index (Phi) is 5.34. The van der Waals surface area contributed by atoms with Gasteiger partial charge in [-0.05, 0) is 62.4 Å². The van der Waals surface area contributed by atoms with E-state index in [2.05, 4.69) is 16.3 Å². The Morgan fingerprint density at radius 3 is 2.67 bits per heavy atom. The molecule has 1 heterocycles. The first kappa shape index (κ1) is 19.0. The number of aliphatic hydroxyl groups is 1. The molecule has 2 aliphatic carbocycles. The summed E-state index contributed by atoms with van der Waals surface area (Å²) in [6.07, 6.45) is 11.1. The molecular formula is C22H32N2O2S. The molecule has 2 atom stereocenters. The number of ether oxygens (including phenoxy) is 1. The van der Waals surface area contributed by atoms with Crippen molar-refractivity contribution in [2.45, 2.75) is 75.5 Å². The maximum atomic E-state index is 11.9. The number of fused-ring (bicyclic) bond motifs is 2. The van der Waals surface area contributed by atoms with E-state index in [4.69, 9.17) is 17.0 Å². The van der Waals surface area contributed by atoms with Gasteiger partial charge in [-0.3, -0.25) is 0 Å². The molecule has 5 heteroatoms. The normalized spacial score (nSPS) is 29.9. The topological polar surface area (TPSA) is 44.7 Å². The van der Waals surface area contributed by atoms with E-state index in [0.29, 0.717) is 0 Å². The third-order valence-electron chi connectivity index (χ3n) is 7.12. The van der Waals surface area contributed by atoms with Gasteiger partial charge in [-0.2, -0.15) is 0 Å². The zero-order chi connectivity index (χ0) is 18.9. The predicted molar refractivity (Wildman–Crippen MR) is 112 cm³/mol. The molecule has 27 heavy (non-hydrogen) atoms. The van der Waals surface area contributed by atoms with Gasteiger partial charge in [0.05, 0.1) is 7.11 Å². The summed E-state index contributed by atoms with van der Waals surface area (Å²) >= 11 is 5.82. The van der Waals surface area contributed by atoms with Crippen LogP contribution in [0.25, 0.3) is 0 Å². The number of hydrogen-bond donors (Lipinski definition) is 2. The number of methoxy groups -OCH3 is 1. The third-order valence-corrected chi connectivity index (χ3v) is 7.45. The molecule has 4 nitrogen and oxygen atoms in total. The van der Waals surface area contributed by atoms with Crippen LogP contribution < -0.4 is 10.1 Å². The maximum Gasteiger partial charge on any atom is 0.171 e. The summed E-state index contributed by atoms with van der Waals surface area (Å²) in [4.78, 5) is 2.10. The van der Waals surface area contributed by atoms with E-state index in [1.807, 2.05) is 18.2 Å². The predicted octanol–water partition coefficient (Wildman–Crippen LogP) is 4.01. The minimum Gasteiger partial charge on any atom is -0.496 e. The molecule has 1 spiro atoms. The monoisotopic (exact) mass is 388 g/mol. The number of benzene rings is 1. The molecule has 0 aromatic heterocycles. The lowest BCUT2D eigenvalue weighted by atomic mass is 9.62. The van der Waals surface area contributed by atoms with Gasteiger partial charge in [-0.15, -0.1) is 0 Å². The fraction of sp³-hybridized carbons (Fsp3) is 0.682. The molecule has 1 aliphatic heterocycles. The summed E-state index contributed by atoms with van der Waals surface area (Å²) in [5.41, 5.74) is 0.363. The maximum absolute atomic E-state index is 11.9. The summed E-state index contributed by atoms with van der Waals surface area (Å²) in [7, 11) is 1.71. The average molecular weight is 389 g/mol. The van der Waals surface area contributed by atoms with Crippen molar-refractivity contribution in [3.05, 3.63) is 29.8 Å². The Balaban J connectivity index is 1.58. The van der Waals surface area contributed by atoms with Crippen molar-refractivity contribution in [1.82, 2.24) is 10.2 Å². The summed E-state index contributed by atoms with van der Waals surface area (Å²) in [5, 5.41) is 16.4. The molecule has 0 bridgehead atoms. The van der Waals surface area contributed by atoms with Crippen molar-refractivity contribution in [2.24, 2.45) is 5.92 Å². The van der Waals surface area contributed by atoms with E-state index < -0.39 is 5.72 Å². The van der Waals surface area contributed by atoms with Crippen molar-refractivity contribution in [1.29, 1.82) is 0 Å². The van der Waals surface area contributed by atoms with Crippen molar-refractivity contribution in [2.75, 3.05) is 13.7 Å². The van der Waals surface area contributed by atoms with Crippen molar-refractivity contribution < 1.29 is 9.84 Å². The fourth-order valence-electron chi connectivity index (χ4n) is 5.82. The lowest BCUT2D eigenvalue weighted by Crippen LogP contribution is -2.75. The van der Waals surface area contributed by atoms with Crippen LogP contribution in [0.4, 0.5) is 0 Å². The minimum absolute atomic E-state index is 0.00540. The van der Waals surface area contributed by atoms with E-state index in [1.54, 1.807) is 7.11 Å². The van der Waals surface area contributed by atoms with E-state index in [1.165, 1.54) is 25.7 Å². The molecule has 0 radical (unpaired) electrons. The molecule has 1 aromatic carbocycles. The quantitative estimate of drug-likeness (QED) is 0.763. The van der Waals surface area contributed by atoms with Gasteiger partial charge >= 0.3 is 0 Å². The summed E-state index contributed by atoms with van der Waals surface area (Å²) in [5.74, 6) is 1.17. The van der Waals surface area contributed by atoms with Gasteiger partial charge in [-0.25, -0.2) is 0 Å². The van der Waals surface area contributed by atoms with Crippen LogP contribution in [0.3, 0.4) is 0 Å². The molecule has 3 fully saturated rings. The largest absolute Gasteiger partial charge is 0.496 e. The van der Waals surface area contributed by atoms with Crippen LogP contribution in [0, 0.1) is 5.92 Å². The Bertz CT molecular complexity index is 689. The summed E-state index contributed by atoms with van der Waals surface area (Å²) in [6, 6.07) is 8.13. The molecule has 148 valence electrons. The molecule has 3 aliphatic rings. The van der Waals surface area contributed by atoms with Gasteiger partial charge in [0, 0.05) is 18.0 Å². The van der Waals surface area contributed by atoms with E-state index in [9.17, 15) is 5.11 Å². The highest BCUT2D eigenvalue weighted by Crippen LogP contribution is 2.50. The van der Waals surface area contributed by atoms with Crippen LogP contribution in [0.2, 0.25) is 0 Å². The van der Waals surface area contributed by atoms with Crippen LogP contribution in [0.15, 0.2) is 24.3 Å². The Morgan fingerprint density at radius 2 is 1.89 bits per heavy atom. The Hall–Kier alpha value is -1.33. The van der Waals surface area contributed by atoms with Crippen LogP contribution in [-0.2, 0) is 6.42 Å². The van der Waals surface area contributed by atoms with Gasteiger partial charge in [0.25, 0.3) is 0 Å². The van der Waals surface area contributed by atoms with E-state index in [-0.39, 0.29) is 11.5 Å². The molecule has 4 rings (SSSR count). The average Bonchev–Trinajstić information content (AvgIpc) is 2.68. The summed E-state index contributed by atoms with van der Waals surface area (Å²) < 4.78 is 5.50. The third kappa shape index (κ3) is 3.33. The molecule has 1 aromatic rings. The molecular weight excluding hydrogens is 356 g/mol. The highest BCUT2D eigenvalue weighted by molar-refractivity contribution is 7.80. The first-order chi connectivity index (χ1) is 13.1. The second kappa shape index (κ2) is 7.59. The fourth-order valence-corrected chi connectivity index (χ4v) is 6.27. The number of nitrogens with one attached hydrogen (secondary N) is 1. The van der Waals surface area contributed by atoms with Crippen molar-refractivity contribution in [3.8, 4) is 5.75 Å². The molecule has 2 saturated carbocycles. The molecule has 1 saturated heterocycles. The Morgan fingerprint density at radius 1 is 1.15 bits per heavy atom. The van der Waals surface area contributed by atoms with Crippen LogP contribution >= 0.6 is 12.2 Å². The van der Waals surface area contributed by atoms with Crippen LogP contribution in [0.1, 0.15) is 63.4 Å². The highest BCUT2D eigenvalue weighted by Gasteiger charge is 2.58. The Labute approximate surface area is 168 Å². The summed E-state index contributed by atoms with van der Waals surface area (Å²) in [6.45, 7) is 0.718. The zero-order valence-electron chi connectivity index (χ0n) is 16.4. The van der Waals surface area contributed by atoms with E-state index in [0.717, 1.165) is 61.5 Å². The minimum atomic E-state index is -0.806. The van der Waals surface area contributed by atoms with Crippen LogP contribution in [-0.4, -0.2) is 40.0 Å². The number of para-hydroxylation sites is 1. The molecule has 2 unspecified atom stereocenters. The lowest BCUT2D eigenvalue weighted by molar-refractivity contribution is -0.181. The first-order valence-electron chi connectivity index (χ1n) is 10.5. The van der Waals surface area contributed by atoms with Crippen LogP contribution in [0.5, 0.6) is 5.75 Å². The van der Waals surface area contributed by atoms with Gasteiger partial charge in [0.15, 0.2) is 5.11 Å². The zero-order valence-corrected chi connectivity index (χ0v) is 17.2. The van der Waals surface area contributed by atoms with Gasteiger partial charge in [-0.1, -0.05) is 43.9 Å². The highest BCUT2D eigenvalue weighted by atomic mass is 32.1. The first-order valence-corrected chi connectivity index (χ1v) is 10.9. The number of thiocarbonyl (C=S) groups is 1. The SMILES string of the molecule is COc1ccccc1CCN1C(=S)NC2(CCCCC2)C2CCCCC21O. The van der Waals surface area contributed by atoms with Crippen molar-refractivity contribution in [3.63, 3.8) is 0 Å². The standard InChI is InChI=1S/C22H32N2O2S/c1-26-18-10-4-3-9-17(18)12-16-24-20(27)23-21(13-6-2-7-14-21)19-11-5-8-15-22(19,24)25/h3-4,9-10,19,25H,2,5-8,11-16H2,1H3,(H,23,27). The van der Waals surface area contributed by atoms with E-state index >= 15 is 0 Å². The second-order valence-electron chi connectivity index (χ2n) is 8.54. The van der Waals surface area contributed by atoms with Gasteiger partial charge in [0.2, 0.25) is 0 Å². The van der Waals surface area contributed by atoms with Crippen molar-refractivity contribution >= 4 is 17.3 Å². The number of hydrogen-bond acceptors (Lipinski definition) is 3.